The van der Waals surface area contributed by atoms with Crippen molar-refractivity contribution >= 4 is 22.9 Å². The molecule has 6 heteroatoms. The third kappa shape index (κ3) is 3.28. The molecule has 1 saturated heterocycles. The molecule has 22 heavy (non-hydrogen) atoms. The van der Waals surface area contributed by atoms with Crippen LogP contribution in [0.25, 0.3) is 0 Å². The maximum absolute atomic E-state index is 14.1. The second-order valence-corrected chi connectivity index (χ2v) is 5.94. The van der Waals surface area contributed by atoms with Gasteiger partial charge in [0.2, 0.25) is 5.91 Å². The molecule has 2 amide bonds. The van der Waals surface area contributed by atoms with E-state index in [0.29, 0.717) is 17.7 Å². The lowest BCUT2D eigenvalue weighted by molar-refractivity contribution is -0.118. The second kappa shape index (κ2) is 6.19. The van der Waals surface area contributed by atoms with Crippen LogP contribution in [0.15, 0.2) is 48.5 Å². The lowest BCUT2D eigenvalue weighted by Gasteiger charge is -2.09. The highest BCUT2D eigenvalue weighted by Gasteiger charge is 2.31. The summed E-state index contributed by atoms with van der Waals surface area (Å²) in [4.78, 5) is 22.6. The van der Waals surface area contributed by atoms with E-state index in [1.807, 2.05) is 6.07 Å². The largest absolute Gasteiger partial charge is 0.454 e. The molecule has 0 bridgehead atoms. The molecule has 1 unspecified atom stereocenters. The van der Waals surface area contributed by atoms with Crippen molar-refractivity contribution in [3.05, 3.63) is 59.9 Å². The Hall–Kier alpha value is -2.34. The summed E-state index contributed by atoms with van der Waals surface area (Å²) >= 11 is 0.928. The van der Waals surface area contributed by atoms with Gasteiger partial charge >= 0.3 is 0 Å². The van der Waals surface area contributed by atoms with E-state index in [1.165, 1.54) is 12.1 Å². The number of halogens is 1. The van der Waals surface area contributed by atoms with Crippen LogP contribution in [0.3, 0.4) is 0 Å². The third-order valence-electron chi connectivity index (χ3n) is 3.16. The van der Waals surface area contributed by atoms with Gasteiger partial charge in [0, 0.05) is 0 Å². The fourth-order valence-electron chi connectivity index (χ4n) is 2.11. The Kier molecular flexibility index (Phi) is 4.11. The van der Waals surface area contributed by atoms with Crippen molar-refractivity contribution in [1.29, 1.82) is 0 Å². The Labute approximate surface area is 130 Å². The Balaban J connectivity index is 1.72. The number of nitrogens with one attached hydrogen (secondary N) is 1. The number of benzene rings is 2. The lowest BCUT2D eigenvalue weighted by Crippen LogP contribution is -2.25. The van der Waals surface area contributed by atoms with Gasteiger partial charge in [-0.15, -0.1) is 0 Å². The molecular formula is C16H12FNO3S. The van der Waals surface area contributed by atoms with Gasteiger partial charge in [0.25, 0.3) is 5.24 Å². The lowest BCUT2D eigenvalue weighted by atomic mass is 10.1. The smallest absolute Gasteiger partial charge is 0.286 e. The molecule has 0 aliphatic carbocycles. The van der Waals surface area contributed by atoms with Crippen LogP contribution in [-0.2, 0) is 11.2 Å². The highest BCUT2D eigenvalue weighted by atomic mass is 32.2. The minimum atomic E-state index is -0.507. The standard InChI is InChI=1S/C16H12FNO3S/c17-12-8-10(9-14-15(19)18-16(20)22-14)6-7-13(12)21-11-4-2-1-3-5-11/h1-8,14H,9H2,(H,18,19,20). The first-order valence-electron chi connectivity index (χ1n) is 6.64. The molecule has 1 aliphatic rings. The molecule has 0 aromatic heterocycles. The molecule has 1 N–H and O–H groups in total. The van der Waals surface area contributed by atoms with Gasteiger partial charge in [-0.25, -0.2) is 4.39 Å². The molecule has 2 aromatic carbocycles. The van der Waals surface area contributed by atoms with E-state index >= 15 is 0 Å². The zero-order valence-electron chi connectivity index (χ0n) is 11.4. The van der Waals surface area contributed by atoms with Crippen LogP contribution in [0.2, 0.25) is 0 Å². The molecule has 4 nitrogen and oxygen atoms in total. The van der Waals surface area contributed by atoms with E-state index in [1.54, 1.807) is 30.3 Å². The van der Waals surface area contributed by atoms with Gasteiger partial charge in [0.15, 0.2) is 11.6 Å². The van der Waals surface area contributed by atoms with Crippen molar-refractivity contribution in [2.75, 3.05) is 0 Å². The number of para-hydroxylation sites is 1. The van der Waals surface area contributed by atoms with Crippen LogP contribution in [0.4, 0.5) is 9.18 Å². The van der Waals surface area contributed by atoms with E-state index < -0.39 is 11.1 Å². The predicted octanol–water partition coefficient (Wildman–Crippen LogP) is 3.51. The van der Waals surface area contributed by atoms with Crippen LogP contribution in [0, 0.1) is 5.82 Å². The van der Waals surface area contributed by atoms with Crippen LogP contribution in [0.5, 0.6) is 11.5 Å². The number of amides is 2. The maximum Gasteiger partial charge on any atom is 0.286 e. The van der Waals surface area contributed by atoms with Crippen LogP contribution in [0.1, 0.15) is 5.56 Å². The van der Waals surface area contributed by atoms with Crippen molar-refractivity contribution in [2.45, 2.75) is 11.7 Å². The number of carbonyl (C=O) groups excluding carboxylic acids is 2. The summed E-state index contributed by atoms with van der Waals surface area (Å²) in [7, 11) is 0. The topological polar surface area (TPSA) is 55.4 Å². The summed E-state index contributed by atoms with van der Waals surface area (Å²) in [5.41, 5.74) is 0.639. The molecule has 0 saturated carbocycles. The van der Waals surface area contributed by atoms with Gasteiger partial charge in [-0.1, -0.05) is 36.0 Å². The van der Waals surface area contributed by atoms with Gasteiger partial charge < -0.3 is 4.74 Å². The molecule has 0 spiro atoms. The van der Waals surface area contributed by atoms with E-state index in [-0.39, 0.29) is 16.9 Å². The Morgan fingerprint density at radius 1 is 1.14 bits per heavy atom. The summed E-state index contributed by atoms with van der Waals surface area (Å²) in [6.45, 7) is 0. The van der Waals surface area contributed by atoms with Crippen LogP contribution >= 0.6 is 11.8 Å². The summed E-state index contributed by atoms with van der Waals surface area (Å²) in [5.74, 6) is -0.170. The van der Waals surface area contributed by atoms with Crippen molar-refractivity contribution in [3.8, 4) is 11.5 Å². The van der Waals surface area contributed by atoms with Crippen molar-refractivity contribution in [1.82, 2.24) is 5.32 Å². The predicted molar refractivity (Wildman–Crippen MR) is 81.5 cm³/mol. The number of ether oxygens (including phenoxy) is 1. The van der Waals surface area contributed by atoms with E-state index in [0.717, 1.165) is 11.8 Å². The Morgan fingerprint density at radius 3 is 2.55 bits per heavy atom. The average Bonchev–Trinajstić information content (AvgIpc) is 2.81. The number of hydrogen-bond acceptors (Lipinski definition) is 4. The van der Waals surface area contributed by atoms with Crippen molar-refractivity contribution < 1.29 is 18.7 Å². The molecule has 3 rings (SSSR count). The summed E-state index contributed by atoms with van der Waals surface area (Å²) in [6.07, 6.45) is 0.296. The van der Waals surface area contributed by atoms with Gasteiger partial charge in [-0.2, -0.15) is 0 Å². The molecule has 1 fully saturated rings. The summed E-state index contributed by atoms with van der Waals surface area (Å²) in [5, 5.41) is 1.34. The van der Waals surface area contributed by atoms with Gasteiger partial charge in [-0.05, 0) is 36.2 Å². The average molecular weight is 317 g/mol. The molecule has 1 aliphatic heterocycles. The highest BCUT2D eigenvalue weighted by Crippen LogP contribution is 2.27. The van der Waals surface area contributed by atoms with Crippen LogP contribution < -0.4 is 10.1 Å². The minimum absolute atomic E-state index is 0.120. The van der Waals surface area contributed by atoms with Crippen molar-refractivity contribution in [3.63, 3.8) is 0 Å². The first kappa shape index (κ1) is 14.6. The van der Waals surface area contributed by atoms with Crippen LogP contribution in [-0.4, -0.2) is 16.4 Å². The Morgan fingerprint density at radius 2 is 1.91 bits per heavy atom. The first-order valence-corrected chi connectivity index (χ1v) is 7.52. The fraction of sp³-hybridized carbons (Fsp3) is 0.125. The molecule has 1 heterocycles. The monoisotopic (exact) mass is 317 g/mol. The van der Waals surface area contributed by atoms with Crippen molar-refractivity contribution in [2.24, 2.45) is 0 Å². The fourth-order valence-corrected chi connectivity index (χ4v) is 2.97. The maximum atomic E-state index is 14.1. The molecule has 2 aromatic rings. The number of thioether (sulfide) groups is 1. The minimum Gasteiger partial charge on any atom is -0.454 e. The first-order chi connectivity index (χ1) is 10.6. The Bertz CT molecular complexity index is 721. The number of rotatable bonds is 4. The number of imide groups is 1. The molecular weight excluding hydrogens is 305 g/mol. The zero-order valence-corrected chi connectivity index (χ0v) is 12.2. The second-order valence-electron chi connectivity index (χ2n) is 4.77. The highest BCUT2D eigenvalue weighted by molar-refractivity contribution is 8.15. The molecule has 112 valence electrons. The quantitative estimate of drug-likeness (QED) is 0.937. The van der Waals surface area contributed by atoms with E-state index in [2.05, 4.69) is 5.32 Å². The molecule has 1 atom stereocenters. The van der Waals surface area contributed by atoms with Gasteiger partial charge in [0.1, 0.15) is 5.75 Å². The SMILES string of the molecule is O=C1NC(=O)C(Cc2ccc(Oc3ccccc3)c(F)c2)S1. The third-order valence-corrected chi connectivity index (χ3v) is 4.14. The summed E-state index contributed by atoms with van der Waals surface area (Å²) < 4.78 is 19.5. The zero-order chi connectivity index (χ0) is 15.5. The number of hydrogen-bond donors (Lipinski definition) is 1. The van der Waals surface area contributed by atoms with Gasteiger partial charge in [0.05, 0.1) is 5.25 Å². The summed E-state index contributed by atoms with van der Waals surface area (Å²) in [6, 6.07) is 13.5. The molecule has 0 radical (unpaired) electrons. The van der Waals surface area contributed by atoms with Gasteiger partial charge in [-0.3, -0.25) is 14.9 Å². The normalized spacial score (nSPS) is 17.4. The number of carbonyl (C=O) groups is 2. The van der Waals surface area contributed by atoms with E-state index in [9.17, 15) is 14.0 Å². The van der Waals surface area contributed by atoms with E-state index in [4.69, 9.17) is 4.74 Å².